The van der Waals surface area contributed by atoms with Gasteiger partial charge in [0.25, 0.3) is 5.56 Å². The van der Waals surface area contributed by atoms with Crippen LogP contribution in [0.3, 0.4) is 0 Å². The summed E-state index contributed by atoms with van der Waals surface area (Å²) in [7, 11) is 1.65. The van der Waals surface area contributed by atoms with Crippen molar-refractivity contribution >= 4 is 11.6 Å². The van der Waals surface area contributed by atoms with Crippen molar-refractivity contribution in [2.75, 3.05) is 0 Å². The normalized spacial score (nSPS) is 10.2. The van der Waals surface area contributed by atoms with Crippen LogP contribution in [0, 0.1) is 18.8 Å². The maximum absolute atomic E-state index is 11.7. The van der Waals surface area contributed by atoms with Gasteiger partial charge in [-0.25, -0.2) is 15.0 Å². The topological polar surface area (TPSA) is 65.6 Å². The van der Waals surface area contributed by atoms with Gasteiger partial charge in [0.2, 0.25) is 0 Å². The monoisotopic (exact) mass is 325 g/mol. The third-order valence-corrected chi connectivity index (χ3v) is 3.36. The summed E-state index contributed by atoms with van der Waals surface area (Å²) in [5.74, 6) is 7.15. The van der Waals surface area contributed by atoms with Crippen molar-refractivity contribution < 1.29 is 0 Å². The smallest absolute Gasteiger partial charge is 0.255 e. The Kier molecular flexibility index (Phi) is 3.96. The summed E-state index contributed by atoms with van der Waals surface area (Å²) in [6.07, 6.45) is 4.81. The minimum Gasteiger partial charge on any atom is -0.302 e. The molecular formula is C16H12ClN5O. The summed E-state index contributed by atoms with van der Waals surface area (Å²) < 4.78 is 3.13. The van der Waals surface area contributed by atoms with Crippen LogP contribution >= 0.6 is 11.6 Å². The summed E-state index contributed by atoms with van der Waals surface area (Å²) in [4.78, 5) is 24.2. The van der Waals surface area contributed by atoms with Crippen LogP contribution in [-0.2, 0) is 7.05 Å². The molecule has 0 saturated carbocycles. The van der Waals surface area contributed by atoms with Gasteiger partial charge in [0, 0.05) is 31.1 Å². The van der Waals surface area contributed by atoms with E-state index >= 15 is 0 Å². The summed E-state index contributed by atoms with van der Waals surface area (Å²) in [5.41, 5.74) is 1.20. The molecule has 23 heavy (non-hydrogen) atoms. The molecule has 0 atom stereocenters. The molecule has 114 valence electrons. The highest BCUT2D eigenvalue weighted by Gasteiger charge is 2.06. The van der Waals surface area contributed by atoms with Crippen molar-refractivity contribution in [1.29, 1.82) is 0 Å². The van der Waals surface area contributed by atoms with Crippen molar-refractivity contribution in [1.82, 2.24) is 24.1 Å². The number of imidazole rings is 1. The van der Waals surface area contributed by atoms with Crippen molar-refractivity contribution in [3.05, 3.63) is 69.5 Å². The van der Waals surface area contributed by atoms with Gasteiger partial charge in [0.15, 0.2) is 0 Å². The fourth-order valence-corrected chi connectivity index (χ4v) is 2.14. The fourth-order valence-electron chi connectivity index (χ4n) is 1.97. The first-order valence-corrected chi connectivity index (χ1v) is 7.13. The predicted octanol–water partition coefficient (Wildman–Crippen LogP) is 1.72. The number of nitrogens with zero attached hydrogens (tertiary/aromatic N) is 5. The van der Waals surface area contributed by atoms with Crippen molar-refractivity contribution in [2.24, 2.45) is 7.05 Å². The van der Waals surface area contributed by atoms with E-state index in [2.05, 4.69) is 26.8 Å². The highest BCUT2D eigenvalue weighted by molar-refractivity contribution is 6.29. The van der Waals surface area contributed by atoms with E-state index in [0.29, 0.717) is 22.5 Å². The number of hydrogen-bond acceptors (Lipinski definition) is 4. The summed E-state index contributed by atoms with van der Waals surface area (Å²) in [5, 5.41) is 0.392. The van der Waals surface area contributed by atoms with E-state index in [-0.39, 0.29) is 5.56 Å². The molecule has 0 saturated heterocycles. The molecule has 0 N–H and O–H groups in total. The minimum absolute atomic E-state index is 0.137. The predicted molar refractivity (Wildman–Crippen MR) is 86.6 cm³/mol. The Morgan fingerprint density at radius 1 is 1.22 bits per heavy atom. The first-order valence-electron chi connectivity index (χ1n) is 6.75. The maximum Gasteiger partial charge on any atom is 0.255 e. The molecule has 0 radical (unpaired) electrons. The lowest BCUT2D eigenvalue weighted by Gasteiger charge is -2.03. The molecule has 0 aliphatic carbocycles. The Bertz CT molecular complexity index is 993. The van der Waals surface area contributed by atoms with E-state index in [9.17, 15) is 4.79 Å². The van der Waals surface area contributed by atoms with Gasteiger partial charge in [-0.15, -0.1) is 0 Å². The number of aryl methyl sites for hydroxylation is 2. The standard InChI is InChI=1S/C16H12ClN5O/c1-11-20-13(4-3-12-5-6-18-14(17)7-12)9-22(11)15-8-16(23)21(2)10-19-15/h5-10H,1-2H3. The third-order valence-electron chi connectivity index (χ3n) is 3.15. The van der Waals surface area contributed by atoms with Gasteiger partial charge in [-0.3, -0.25) is 9.36 Å². The number of hydrogen-bond donors (Lipinski definition) is 0. The fraction of sp³-hybridized carbons (Fsp3) is 0.125. The second kappa shape index (κ2) is 6.07. The molecule has 3 aromatic heterocycles. The van der Waals surface area contributed by atoms with E-state index in [1.54, 1.807) is 36.1 Å². The average molecular weight is 326 g/mol. The molecule has 3 heterocycles. The SMILES string of the molecule is Cc1nc(C#Cc2ccnc(Cl)c2)cn1-c1cc(=O)n(C)cn1. The Morgan fingerprint density at radius 2 is 2.04 bits per heavy atom. The van der Waals surface area contributed by atoms with Gasteiger partial charge in [0.05, 0.1) is 6.33 Å². The van der Waals surface area contributed by atoms with E-state index in [0.717, 1.165) is 5.56 Å². The number of rotatable bonds is 1. The zero-order valence-corrected chi connectivity index (χ0v) is 13.2. The van der Waals surface area contributed by atoms with Crippen LogP contribution in [0.1, 0.15) is 17.1 Å². The second-order valence-electron chi connectivity index (χ2n) is 4.86. The Labute approximate surface area is 137 Å². The van der Waals surface area contributed by atoms with Crippen LogP contribution in [0.4, 0.5) is 0 Å². The van der Waals surface area contributed by atoms with Crippen LogP contribution in [0.25, 0.3) is 5.82 Å². The lowest BCUT2D eigenvalue weighted by molar-refractivity contribution is 0.799. The van der Waals surface area contributed by atoms with Gasteiger partial charge < -0.3 is 4.57 Å². The van der Waals surface area contributed by atoms with E-state index < -0.39 is 0 Å². The molecule has 0 aliphatic rings. The average Bonchev–Trinajstić information content (AvgIpc) is 2.89. The van der Waals surface area contributed by atoms with Gasteiger partial charge in [-0.05, 0) is 25.0 Å². The van der Waals surface area contributed by atoms with Crippen LogP contribution in [0.15, 0.2) is 41.7 Å². The zero-order chi connectivity index (χ0) is 16.4. The quantitative estimate of drug-likeness (QED) is 0.505. The third kappa shape index (κ3) is 3.30. The molecule has 0 unspecified atom stereocenters. The van der Waals surface area contributed by atoms with E-state index in [4.69, 9.17) is 11.6 Å². The highest BCUT2D eigenvalue weighted by Crippen LogP contribution is 2.09. The van der Waals surface area contributed by atoms with E-state index in [1.807, 2.05) is 6.92 Å². The Hall–Kier alpha value is -2.91. The van der Waals surface area contributed by atoms with Crippen LogP contribution in [0.5, 0.6) is 0 Å². The molecule has 3 aromatic rings. The molecular weight excluding hydrogens is 314 g/mol. The zero-order valence-electron chi connectivity index (χ0n) is 12.5. The molecule has 0 amide bonds. The first kappa shape index (κ1) is 15.0. The van der Waals surface area contributed by atoms with Crippen molar-refractivity contribution in [3.63, 3.8) is 0 Å². The summed E-state index contributed by atoms with van der Waals surface area (Å²) in [6.45, 7) is 1.83. The maximum atomic E-state index is 11.7. The number of halogens is 1. The minimum atomic E-state index is -0.137. The second-order valence-corrected chi connectivity index (χ2v) is 5.24. The molecule has 0 bridgehead atoms. The molecule has 0 aliphatic heterocycles. The van der Waals surface area contributed by atoms with Crippen molar-refractivity contribution in [2.45, 2.75) is 6.92 Å². The highest BCUT2D eigenvalue weighted by atomic mass is 35.5. The number of aromatic nitrogens is 5. The number of pyridine rings is 1. The summed E-state index contributed by atoms with van der Waals surface area (Å²) >= 11 is 5.83. The lowest BCUT2D eigenvalue weighted by Crippen LogP contribution is -2.17. The van der Waals surface area contributed by atoms with Crippen molar-refractivity contribution in [3.8, 4) is 17.7 Å². The Morgan fingerprint density at radius 3 is 2.78 bits per heavy atom. The van der Waals surface area contributed by atoms with Crippen LogP contribution < -0.4 is 5.56 Å². The molecule has 6 nitrogen and oxygen atoms in total. The molecule has 0 spiro atoms. The van der Waals surface area contributed by atoms with Gasteiger partial charge in [-0.2, -0.15) is 0 Å². The van der Waals surface area contributed by atoms with Crippen LogP contribution in [0.2, 0.25) is 5.15 Å². The molecule has 3 rings (SSSR count). The molecule has 0 fully saturated rings. The largest absolute Gasteiger partial charge is 0.302 e. The Balaban J connectivity index is 1.95. The van der Waals surface area contributed by atoms with Gasteiger partial charge >= 0.3 is 0 Å². The van der Waals surface area contributed by atoms with E-state index in [1.165, 1.54) is 17.0 Å². The molecule has 0 aromatic carbocycles. The lowest BCUT2D eigenvalue weighted by atomic mass is 10.3. The van der Waals surface area contributed by atoms with Gasteiger partial charge in [0.1, 0.15) is 22.5 Å². The summed E-state index contributed by atoms with van der Waals surface area (Å²) in [6, 6.07) is 4.90. The van der Waals surface area contributed by atoms with Crippen LogP contribution in [-0.4, -0.2) is 24.1 Å². The first-order chi connectivity index (χ1) is 11.0. The molecule has 7 heteroatoms. The van der Waals surface area contributed by atoms with Gasteiger partial charge in [-0.1, -0.05) is 17.5 Å².